The van der Waals surface area contributed by atoms with Crippen LogP contribution in [0.2, 0.25) is 0 Å². The highest BCUT2D eigenvalue weighted by atomic mass is 79.9. The molecule has 1 N–H and O–H groups in total. The maximum absolute atomic E-state index is 13.2. The van der Waals surface area contributed by atoms with Gasteiger partial charge in [-0.25, -0.2) is 4.39 Å². The van der Waals surface area contributed by atoms with Crippen LogP contribution in [0, 0.1) is 23.6 Å². The van der Waals surface area contributed by atoms with E-state index in [-0.39, 0.29) is 5.82 Å². The van der Waals surface area contributed by atoms with Gasteiger partial charge in [0.2, 0.25) is 0 Å². The smallest absolute Gasteiger partial charge is 0.137 e. The Labute approximate surface area is 117 Å². The molecular formula is C15H20BrFO. The highest BCUT2D eigenvalue weighted by Gasteiger charge is 2.30. The Morgan fingerprint density at radius 3 is 2.61 bits per heavy atom. The SMILES string of the molecule is CC1CCC(C(O)c2ccc(F)c(Br)c2)CC1C. The summed E-state index contributed by atoms with van der Waals surface area (Å²) in [5, 5.41) is 10.4. The molecule has 1 aromatic carbocycles. The summed E-state index contributed by atoms with van der Waals surface area (Å²) in [6, 6.07) is 4.80. The number of hydrogen-bond donors (Lipinski definition) is 1. The lowest BCUT2D eigenvalue weighted by Gasteiger charge is -2.34. The van der Waals surface area contributed by atoms with Crippen LogP contribution in [0.4, 0.5) is 4.39 Å². The van der Waals surface area contributed by atoms with Crippen LogP contribution in [-0.2, 0) is 0 Å². The minimum atomic E-state index is -0.475. The lowest BCUT2D eigenvalue weighted by atomic mass is 9.73. The van der Waals surface area contributed by atoms with E-state index >= 15 is 0 Å². The molecule has 0 bridgehead atoms. The molecule has 4 unspecified atom stereocenters. The van der Waals surface area contributed by atoms with E-state index in [4.69, 9.17) is 0 Å². The predicted molar refractivity (Wildman–Crippen MR) is 74.7 cm³/mol. The van der Waals surface area contributed by atoms with E-state index < -0.39 is 6.10 Å². The van der Waals surface area contributed by atoms with Gasteiger partial charge in [-0.2, -0.15) is 0 Å². The van der Waals surface area contributed by atoms with Gasteiger partial charge in [0.25, 0.3) is 0 Å². The Bertz CT molecular complexity index is 421. The zero-order valence-electron chi connectivity index (χ0n) is 10.9. The van der Waals surface area contributed by atoms with E-state index in [1.165, 1.54) is 12.5 Å². The molecule has 1 nitrogen and oxygen atoms in total. The summed E-state index contributed by atoms with van der Waals surface area (Å²) in [6.45, 7) is 4.53. The number of rotatable bonds is 2. The van der Waals surface area contributed by atoms with Gasteiger partial charge in [0.05, 0.1) is 10.6 Å². The molecule has 3 heteroatoms. The van der Waals surface area contributed by atoms with Crippen LogP contribution in [0.15, 0.2) is 22.7 Å². The lowest BCUT2D eigenvalue weighted by Crippen LogP contribution is -2.25. The molecule has 0 radical (unpaired) electrons. The molecule has 0 aromatic heterocycles. The molecule has 2 rings (SSSR count). The van der Waals surface area contributed by atoms with E-state index in [0.29, 0.717) is 16.3 Å². The summed E-state index contributed by atoms with van der Waals surface area (Å²) in [6.07, 6.45) is 2.81. The van der Waals surface area contributed by atoms with Gasteiger partial charge < -0.3 is 5.11 Å². The highest BCUT2D eigenvalue weighted by Crippen LogP contribution is 2.40. The first-order valence-electron chi connectivity index (χ1n) is 6.62. The van der Waals surface area contributed by atoms with Crippen LogP contribution in [0.25, 0.3) is 0 Å². The normalized spacial score (nSPS) is 30.2. The van der Waals surface area contributed by atoms with Crippen molar-refractivity contribution in [3.05, 3.63) is 34.1 Å². The fourth-order valence-electron chi connectivity index (χ4n) is 2.84. The number of aliphatic hydroxyl groups is 1. The fraction of sp³-hybridized carbons (Fsp3) is 0.600. The van der Waals surface area contributed by atoms with Gasteiger partial charge in [-0.15, -0.1) is 0 Å². The Kier molecular flexibility index (Phi) is 4.44. The summed E-state index contributed by atoms with van der Waals surface area (Å²) in [5.41, 5.74) is 0.815. The molecular weight excluding hydrogens is 295 g/mol. The Morgan fingerprint density at radius 2 is 2.00 bits per heavy atom. The third kappa shape index (κ3) is 2.94. The number of halogens is 2. The zero-order valence-corrected chi connectivity index (χ0v) is 12.5. The summed E-state index contributed by atoms with van der Waals surface area (Å²) >= 11 is 3.17. The summed E-state index contributed by atoms with van der Waals surface area (Å²) in [7, 11) is 0. The van der Waals surface area contributed by atoms with E-state index in [9.17, 15) is 9.50 Å². The molecule has 0 saturated heterocycles. The van der Waals surface area contributed by atoms with Gasteiger partial charge in [0, 0.05) is 0 Å². The molecule has 0 spiro atoms. The largest absolute Gasteiger partial charge is 0.388 e. The van der Waals surface area contributed by atoms with Crippen LogP contribution in [0.1, 0.15) is 44.8 Å². The van der Waals surface area contributed by atoms with Gasteiger partial charge in [-0.1, -0.05) is 26.3 Å². The summed E-state index contributed by atoms with van der Waals surface area (Å²) < 4.78 is 13.6. The van der Waals surface area contributed by atoms with Crippen molar-refractivity contribution in [3.63, 3.8) is 0 Å². The number of hydrogen-bond acceptors (Lipinski definition) is 1. The molecule has 1 fully saturated rings. The maximum Gasteiger partial charge on any atom is 0.137 e. The van der Waals surface area contributed by atoms with Crippen LogP contribution in [0.5, 0.6) is 0 Å². The van der Waals surface area contributed by atoms with Crippen molar-refractivity contribution in [1.82, 2.24) is 0 Å². The van der Waals surface area contributed by atoms with Gasteiger partial charge >= 0.3 is 0 Å². The second-order valence-electron chi connectivity index (χ2n) is 5.65. The predicted octanol–water partition coefficient (Wildman–Crippen LogP) is 4.69. The lowest BCUT2D eigenvalue weighted by molar-refractivity contribution is 0.0560. The number of benzene rings is 1. The van der Waals surface area contributed by atoms with Crippen molar-refractivity contribution in [2.24, 2.45) is 17.8 Å². The second kappa shape index (κ2) is 5.70. The molecule has 1 aromatic rings. The first-order chi connectivity index (χ1) is 8.49. The van der Waals surface area contributed by atoms with E-state index in [2.05, 4.69) is 29.8 Å². The van der Waals surface area contributed by atoms with Crippen molar-refractivity contribution < 1.29 is 9.50 Å². The molecule has 1 aliphatic rings. The molecule has 100 valence electrons. The van der Waals surface area contributed by atoms with Crippen LogP contribution >= 0.6 is 15.9 Å². The summed E-state index contributed by atoms with van der Waals surface area (Å²) in [5.74, 6) is 1.42. The van der Waals surface area contributed by atoms with Crippen LogP contribution in [0.3, 0.4) is 0 Å². The maximum atomic E-state index is 13.2. The molecule has 1 aliphatic carbocycles. The van der Waals surface area contributed by atoms with Crippen molar-refractivity contribution in [2.45, 2.75) is 39.2 Å². The average molecular weight is 315 g/mol. The topological polar surface area (TPSA) is 20.2 Å². The summed E-state index contributed by atoms with van der Waals surface area (Å²) in [4.78, 5) is 0. The van der Waals surface area contributed by atoms with Crippen molar-refractivity contribution in [2.75, 3.05) is 0 Å². The first kappa shape index (κ1) is 14.0. The van der Waals surface area contributed by atoms with Crippen LogP contribution < -0.4 is 0 Å². The molecule has 0 aliphatic heterocycles. The van der Waals surface area contributed by atoms with Crippen molar-refractivity contribution >= 4 is 15.9 Å². The third-order valence-corrected chi connectivity index (χ3v) is 4.98. The van der Waals surface area contributed by atoms with Gasteiger partial charge in [-0.05, 0) is 64.2 Å². The second-order valence-corrected chi connectivity index (χ2v) is 6.50. The molecule has 1 saturated carbocycles. The molecule has 0 amide bonds. The van der Waals surface area contributed by atoms with Gasteiger partial charge in [0.15, 0.2) is 0 Å². The van der Waals surface area contributed by atoms with E-state index in [0.717, 1.165) is 24.3 Å². The monoisotopic (exact) mass is 314 g/mol. The Morgan fingerprint density at radius 1 is 1.28 bits per heavy atom. The molecule has 4 atom stereocenters. The third-order valence-electron chi connectivity index (χ3n) is 4.37. The van der Waals surface area contributed by atoms with E-state index in [1.807, 2.05) is 0 Å². The van der Waals surface area contributed by atoms with E-state index in [1.54, 1.807) is 12.1 Å². The van der Waals surface area contributed by atoms with Crippen molar-refractivity contribution in [3.8, 4) is 0 Å². The zero-order chi connectivity index (χ0) is 13.3. The van der Waals surface area contributed by atoms with Gasteiger partial charge in [-0.3, -0.25) is 0 Å². The highest BCUT2D eigenvalue weighted by molar-refractivity contribution is 9.10. The van der Waals surface area contributed by atoms with Crippen molar-refractivity contribution in [1.29, 1.82) is 0 Å². The minimum Gasteiger partial charge on any atom is -0.388 e. The fourth-order valence-corrected chi connectivity index (χ4v) is 3.24. The quantitative estimate of drug-likeness (QED) is 0.839. The molecule has 18 heavy (non-hydrogen) atoms. The minimum absolute atomic E-state index is 0.281. The standard InChI is InChI=1S/C15H20BrFO/c1-9-3-4-11(7-10(9)2)15(18)12-5-6-14(17)13(16)8-12/h5-6,8-11,15,18H,3-4,7H2,1-2H3. The van der Waals surface area contributed by atoms with Gasteiger partial charge in [0.1, 0.15) is 5.82 Å². The Balaban J connectivity index is 2.11. The van der Waals surface area contributed by atoms with Crippen LogP contribution in [-0.4, -0.2) is 5.11 Å². The number of aliphatic hydroxyl groups excluding tert-OH is 1. The Hall–Kier alpha value is -0.410. The first-order valence-corrected chi connectivity index (χ1v) is 7.41. The molecule has 0 heterocycles. The average Bonchev–Trinajstić information content (AvgIpc) is 2.35.